The molecule has 0 aliphatic rings. The lowest BCUT2D eigenvalue weighted by molar-refractivity contribution is 0.111. The van der Waals surface area contributed by atoms with E-state index in [1.165, 1.54) is 0 Å². The maximum Gasteiger partial charge on any atom is 0.153 e. The zero-order valence-electron chi connectivity index (χ0n) is 11.0. The average Bonchev–Trinajstić information content (AvgIpc) is 2.84. The minimum absolute atomic E-state index is 0.486. The van der Waals surface area contributed by atoms with Gasteiger partial charge in [-0.05, 0) is 17.7 Å². The van der Waals surface area contributed by atoms with Crippen molar-refractivity contribution in [3.8, 4) is 11.5 Å². The van der Waals surface area contributed by atoms with Crippen molar-refractivity contribution in [2.45, 2.75) is 6.42 Å². The summed E-state index contributed by atoms with van der Waals surface area (Å²) in [6, 6.07) is 5.13. The molecule has 0 atom stereocenters. The molecular weight excluding hydrogens is 244 g/mol. The van der Waals surface area contributed by atoms with Crippen LogP contribution in [0.1, 0.15) is 15.9 Å². The van der Waals surface area contributed by atoms with E-state index in [2.05, 4.69) is 5.10 Å². The van der Waals surface area contributed by atoms with E-state index in [1.807, 2.05) is 13.2 Å². The first-order valence-electron chi connectivity index (χ1n) is 5.96. The van der Waals surface area contributed by atoms with Crippen LogP contribution in [-0.4, -0.2) is 29.8 Å². The number of aromatic nitrogens is 2. The number of nitrogens with zero attached hydrogens (tertiary/aromatic N) is 2. The smallest absolute Gasteiger partial charge is 0.153 e. The third-order valence-electron chi connectivity index (χ3n) is 2.75. The molecule has 0 N–H and O–H groups in total. The van der Waals surface area contributed by atoms with Gasteiger partial charge in [0.25, 0.3) is 0 Å². The fourth-order valence-corrected chi connectivity index (χ4v) is 1.74. The Morgan fingerprint density at radius 3 is 2.89 bits per heavy atom. The second kappa shape index (κ2) is 6.04. The maximum atomic E-state index is 10.9. The summed E-state index contributed by atoms with van der Waals surface area (Å²) >= 11 is 0. The van der Waals surface area contributed by atoms with Crippen LogP contribution in [0.2, 0.25) is 0 Å². The van der Waals surface area contributed by atoms with Gasteiger partial charge in [-0.25, -0.2) is 0 Å². The van der Waals surface area contributed by atoms with Crippen molar-refractivity contribution in [3.05, 3.63) is 41.7 Å². The van der Waals surface area contributed by atoms with Crippen molar-refractivity contribution >= 4 is 6.29 Å². The lowest BCUT2D eigenvalue weighted by atomic mass is 10.2. The third-order valence-corrected chi connectivity index (χ3v) is 2.75. The molecule has 0 aliphatic carbocycles. The Bertz CT molecular complexity index is 564. The minimum Gasteiger partial charge on any atom is -0.497 e. The second-order valence-corrected chi connectivity index (χ2v) is 4.14. The van der Waals surface area contributed by atoms with Crippen LogP contribution in [0.15, 0.2) is 30.6 Å². The van der Waals surface area contributed by atoms with E-state index < -0.39 is 0 Å². The second-order valence-electron chi connectivity index (χ2n) is 4.14. The van der Waals surface area contributed by atoms with E-state index >= 15 is 0 Å². The number of rotatable bonds is 6. The molecule has 2 rings (SSSR count). The highest BCUT2D eigenvalue weighted by atomic mass is 16.5. The van der Waals surface area contributed by atoms with Crippen molar-refractivity contribution < 1.29 is 14.3 Å². The molecule has 0 bridgehead atoms. The Morgan fingerprint density at radius 2 is 2.26 bits per heavy atom. The van der Waals surface area contributed by atoms with E-state index in [4.69, 9.17) is 9.47 Å². The van der Waals surface area contributed by atoms with Crippen LogP contribution in [0.5, 0.6) is 11.5 Å². The molecule has 0 unspecified atom stereocenters. The monoisotopic (exact) mass is 260 g/mol. The molecule has 0 fully saturated rings. The first-order valence-corrected chi connectivity index (χ1v) is 5.96. The summed E-state index contributed by atoms with van der Waals surface area (Å²) in [5.74, 6) is 1.21. The first kappa shape index (κ1) is 13.1. The largest absolute Gasteiger partial charge is 0.497 e. The first-order chi connectivity index (χ1) is 9.22. The number of aldehydes is 1. The number of hydrogen-bond acceptors (Lipinski definition) is 4. The predicted octanol–water partition coefficient (Wildman–Crippen LogP) is 1.86. The number of carbonyl (C=O) groups excluding carboxylic acids is 1. The standard InChI is InChI=1S/C14H16N2O3/c1-16-9-11(8-15-16)5-6-19-14-7-13(18-2)4-3-12(14)10-17/h3-4,7-10H,5-6H2,1-2H3. The minimum atomic E-state index is 0.486. The van der Waals surface area contributed by atoms with E-state index in [1.54, 1.807) is 36.2 Å². The highest BCUT2D eigenvalue weighted by molar-refractivity contribution is 5.79. The summed E-state index contributed by atoms with van der Waals surface area (Å²) < 4.78 is 12.5. The Labute approximate surface area is 111 Å². The zero-order chi connectivity index (χ0) is 13.7. The van der Waals surface area contributed by atoms with Gasteiger partial charge in [-0.3, -0.25) is 9.48 Å². The molecule has 5 nitrogen and oxygen atoms in total. The summed E-state index contributed by atoms with van der Waals surface area (Å²) in [6.45, 7) is 0.486. The molecule has 1 aromatic carbocycles. The van der Waals surface area contributed by atoms with Gasteiger partial charge in [0.1, 0.15) is 11.5 Å². The highest BCUT2D eigenvalue weighted by Gasteiger charge is 2.05. The number of aryl methyl sites for hydroxylation is 1. The van der Waals surface area contributed by atoms with Crippen LogP contribution in [0.3, 0.4) is 0 Å². The van der Waals surface area contributed by atoms with Crippen LogP contribution in [0, 0.1) is 0 Å². The van der Waals surface area contributed by atoms with Gasteiger partial charge in [-0.2, -0.15) is 5.10 Å². The predicted molar refractivity (Wildman–Crippen MR) is 70.8 cm³/mol. The number of ether oxygens (including phenoxy) is 2. The van der Waals surface area contributed by atoms with Gasteiger partial charge in [0, 0.05) is 25.7 Å². The van der Waals surface area contributed by atoms with Gasteiger partial charge in [0.2, 0.25) is 0 Å². The van der Waals surface area contributed by atoms with Crippen LogP contribution in [0.25, 0.3) is 0 Å². The normalized spacial score (nSPS) is 10.2. The molecule has 1 aromatic heterocycles. The lowest BCUT2D eigenvalue weighted by Gasteiger charge is -2.09. The number of carbonyl (C=O) groups is 1. The maximum absolute atomic E-state index is 10.9. The van der Waals surface area contributed by atoms with Crippen molar-refractivity contribution in [2.75, 3.05) is 13.7 Å². The molecular formula is C14H16N2O3. The summed E-state index contributed by atoms with van der Waals surface area (Å²) in [4.78, 5) is 10.9. The summed E-state index contributed by atoms with van der Waals surface area (Å²) in [6.07, 6.45) is 5.26. The Kier molecular flexibility index (Phi) is 4.18. The van der Waals surface area contributed by atoms with E-state index in [9.17, 15) is 4.79 Å². The summed E-state index contributed by atoms with van der Waals surface area (Å²) in [5.41, 5.74) is 1.62. The quantitative estimate of drug-likeness (QED) is 0.744. The van der Waals surface area contributed by atoms with Crippen LogP contribution >= 0.6 is 0 Å². The third kappa shape index (κ3) is 3.34. The fourth-order valence-electron chi connectivity index (χ4n) is 1.74. The van der Waals surface area contributed by atoms with E-state index in [-0.39, 0.29) is 0 Å². The molecule has 0 radical (unpaired) electrons. The van der Waals surface area contributed by atoms with Gasteiger partial charge < -0.3 is 9.47 Å². The molecule has 0 spiro atoms. The van der Waals surface area contributed by atoms with E-state index in [0.717, 1.165) is 18.3 Å². The zero-order valence-corrected chi connectivity index (χ0v) is 11.0. The molecule has 0 saturated heterocycles. The molecule has 5 heteroatoms. The highest BCUT2D eigenvalue weighted by Crippen LogP contribution is 2.23. The number of benzene rings is 1. The van der Waals surface area contributed by atoms with E-state index in [0.29, 0.717) is 23.7 Å². The van der Waals surface area contributed by atoms with Crippen molar-refractivity contribution in [2.24, 2.45) is 7.05 Å². The van der Waals surface area contributed by atoms with Crippen LogP contribution in [0.4, 0.5) is 0 Å². The Balaban J connectivity index is 1.99. The fraction of sp³-hybridized carbons (Fsp3) is 0.286. The van der Waals surface area contributed by atoms with Crippen molar-refractivity contribution in [1.82, 2.24) is 9.78 Å². The van der Waals surface area contributed by atoms with Crippen LogP contribution < -0.4 is 9.47 Å². The van der Waals surface area contributed by atoms with Crippen molar-refractivity contribution in [3.63, 3.8) is 0 Å². The van der Waals surface area contributed by atoms with Gasteiger partial charge in [-0.1, -0.05) is 0 Å². The van der Waals surface area contributed by atoms with Gasteiger partial charge in [0.05, 0.1) is 25.5 Å². The summed E-state index contributed by atoms with van der Waals surface area (Å²) in [5, 5.41) is 4.09. The molecule has 2 aromatic rings. The molecule has 100 valence electrons. The topological polar surface area (TPSA) is 53.4 Å². The average molecular weight is 260 g/mol. The molecule has 0 amide bonds. The Hall–Kier alpha value is -2.30. The number of hydrogen-bond donors (Lipinski definition) is 0. The molecule has 0 saturated carbocycles. The van der Waals surface area contributed by atoms with Gasteiger partial charge in [-0.15, -0.1) is 0 Å². The van der Waals surface area contributed by atoms with Crippen LogP contribution in [-0.2, 0) is 13.5 Å². The molecule has 0 aliphatic heterocycles. The number of methoxy groups -OCH3 is 1. The summed E-state index contributed by atoms with van der Waals surface area (Å²) in [7, 11) is 3.45. The van der Waals surface area contributed by atoms with Gasteiger partial charge >= 0.3 is 0 Å². The lowest BCUT2D eigenvalue weighted by Crippen LogP contribution is -2.03. The molecule has 1 heterocycles. The Morgan fingerprint density at radius 1 is 1.42 bits per heavy atom. The molecule has 19 heavy (non-hydrogen) atoms. The SMILES string of the molecule is COc1ccc(C=O)c(OCCc2cnn(C)c2)c1. The van der Waals surface area contributed by atoms with Crippen molar-refractivity contribution in [1.29, 1.82) is 0 Å². The van der Waals surface area contributed by atoms with Gasteiger partial charge in [0.15, 0.2) is 6.29 Å².